The number of rotatable bonds is 2. The van der Waals surface area contributed by atoms with Crippen molar-refractivity contribution in [1.82, 2.24) is 4.98 Å². The van der Waals surface area contributed by atoms with E-state index in [0.29, 0.717) is 0 Å². The maximum Gasteiger partial charge on any atom is 0.0725 e. The molecule has 0 amide bonds. The highest BCUT2D eigenvalue weighted by Crippen LogP contribution is 2.64. The number of thiophene rings is 1. The highest BCUT2D eigenvalue weighted by Gasteiger charge is 2.52. The van der Waals surface area contributed by atoms with Crippen molar-refractivity contribution in [3.63, 3.8) is 0 Å². The molecule has 0 saturated heterocycles. The van der Waals surface area contributed by atoms with Crippen LogP contribution in [0.1, 0.15) is 22.3 Å². The molecule has 1 atom stereocenters. The maximum atomic E-state index is 4.77. The van der Waals surface area contributed by atoms with Crippen LogP contribution >= 0.6 is 11.3 Å². The first kappa shape index (κ1) is 32.6. The van der Waals surface area contributed by atoms with Crippen molar-refractivity contribution in [1.29, 1.82) is 0 Å². The predicted molar refractivity (Wildman–Crippen MR) is 254 cm³/mol. The highest BCUT2D eigenvalue weighted by atomic mass is 32.1. The zero-order valence-electron chi connectivity index (χ0n) is 32.4. The molecule has 60 heavy (non-hydrogen) atoms. The van der Waals surface area contributed by atoms with E-state index in [-0.39, 0.29) is 0 Å². The SMILES string of the molecule is c1ccc2c(c1)-c1ccc(-c3c4ccccc4c(-c4ccc5ccccc5c4)c4ccccc34)cc1C21c2ccccc2-c2cc3sc4ccc5ncccc5c4c3cc21. The summed E-state index contributed by atoms with van der Waals surface area (Å²) < 4.78 is 2.62. The smallest absolute Gasteiger partial charge is 0.0725 e. The highest BCUT2D eigenvalue weighted by molar-refractivity contribution is 7.26. The van der Waals surface area contributed by atoms with E-state index in [1.54, 1.807) is 0 Å². The molecule has 0 N–H and O–H groups in total. The Morgan fingerprint density at radius 3 is 1.65 bits per heavy atom. The molecule has 1 spiro atoms. The molecular weight excluding hydrogens is 743 g/mol. The van der Waals surface area contributed by atoms with E-state index in [4.69, 9.17) is 4.98 Å². The number of pyridine rings is 1. The molecule has 1 nitrogen and oxygen atoms in total. The van der Waals surface area contributed by atoms with Gasteiger partial charge in [-0.1, -0.05) is 152 Å². The molecule has 2 aliphatic carbocycles. The summed E-state index contributed by atoms with van der Waals surface area (Å²) in [5.74, 6) is 0. The molecule has 2 aromatic heterocycles. The van der Waals surface area contributed by atoms with E-state index >= 15 is 0 Å². The second-order valence-corrected chi connectivity index (χ2v) is 17.6. The van der Waals surface area contributed by atoms with Gasteiger partial charge in [-0.15, -0.1) is 11.3 Å². The molecule has 0 bridgehead atoms. The molecule has 2 heterocycles. The summed E-state index contributed by atoms with van der Waals surface area (Å²) >= 11 is 1.89. The van der Waals surface area contributed by atoms with Crippen LogP contribution in [-0.2, 0) is 5.41 Å². The van der Waals surface area contributed by atoms with Crippen molar-refractivity contribution >= 4 is 74.7 Å². The molecule has 2 aliphatic rings. The van der Waals surface area contributed by atoms with Gasteiger partial charge in [0.25, 0.3) is 0 Å². The minimum atomic E-state index is -0.490. The minimum absolute atomic E-state index is 0.490. The Hall–Kier alpha value is -7.39. The van der Waals surface area contributed by atoms with Gasteiger partial charge in [-0.25, -0.2) is 0 Å². The third-order valence-corrected chi connectivity index (χ3v) is 14.8. The standard InChI is InChI=1S/C58H33NS/c1-2-13-35-30-36(24-23-34(35)12-1)55-41-16-3-5-18-43(41)56(44-19-6-4-17-42(44)55)37-25-26-40-38-14-7-9-21-48(38)58(50(40)31-37)49-22-10-8-15-39(49)46-33-54-47(32-51(46)58)57-45-20-11-29-59-52(45)27-28-53(57)60-54/h1-33H. The van der Waals surface area contributed by atoms with Gasteiger partial charge in [0.05, 0.1) is 10.9 Å². The summed E-state index contributed by atoms with van der Waals surface area (Å²) in [6, 6.07) is 73.2. The molecule has 276 valence electrons. The normalized spacial score (nSPS) is 15.1. The fourth-order valence-electron chi connectivity index (χ4n) is 11.3. The zero-order valence-corrected chi connectivity index (χ0v) is 33.2. The average Bonchev–Trinajstić information content (AvgIpc) is 3.93. The first-order valence-corrected chi connectivity index (χ1v) is 21.6. The van der Waals surface area contributed by atoms with Crippen molar-refractivity contribution in [2.75, 3.05) is 0 Å². The molecule has 1 unspecified atom stereocenters. The van der Waals surface area contributed by atoms with Crippen LogP contribution in [0.2, 0.25) is 0 Å². The number of fused-ring (bicyclic) bond motifs is 18. The summed E-state index contributed by atoms with van der Waals surface area (Å²) in [6.07, 6.45) is 1.90. The molecule has 12 aromatic rings. The number of hydrogen-bond donors (Lipinski definition) is 0. The summed E-state index contributed by atoms with van der Waals surface area (Å²) in [6.45, 7) is 0. The molecule has 2 heteroatoms. The minimum Gasteiger partial charge on any atom is -0.256 e. The number of nitrogens with zero attached hydrogens (tertiary/aromatic N) is 1. The van der Waals surface area contributed by atoms with Gasteiger partial charge in [0, 0.05) is 31.8 Å². The molecular formula is C58H33NS. The van der Waals surface area contributed by atoms with Crippen molar-refractivity contribution in [2.45, 2.75) is 5.41 Å². The Balaban J connectivity index is 1.08. The van der Waals surface area contributed by atoms with Crippen LogP contribution in [0, 0.1) is 0 Å². The van der Waals surface area contributed by atoms with Gasteiger partial charge in [-0.2, -0.15) is 0 Å². The molecule has 10 aromatic carbocycles. The lowest BCUT2D eigenvalue weighted by Crippen LogP contribution is -2.25. The summed E-state index contributed by atoms with van der Waals surface area (Å²) in [5, 5.41) is 11.4. The second kappa shape index (κ2) is 11.9. The quantitative estimate of drug-likeness (QED) is 0.159. The number of aromatic nitrogens is 1. The zero-order chi connectivity index (χ0) is 39.1. The third-order valence-electron chi connectivity index (χ3n) is 13.7. The lowest BCUT2D eigenvalue weighted by atomic mass is 9.70. The van der Waals surface area contributed by atoms with Gasteiger partial charge in [0.15, 0.2) is 0 Å². The van der Waals surface area contributed by atoms with Crippen LogP contribution in [0.4, 0.5) is 0 Å². The fourth-order valence-corrected chi connectivity index (χ4v) is 12.4. The summed E-state index contributed by atoms with van der Waals surface area (Å²) in [5.41, 5.74) is 16.3. The average molecular weight is 776 g/mol. The van der Waals surface area contributed by atoms with E-state index in [9.17, 15) is 0 Å². The lowest BCUT2D eigenvalue weighted by molar-refractivity contribution is 0.795. The van der Waals surface area contributed by atoms with Gasteiger partial charge in [0.1, 0.15) is 0 Å². The van der Waals surface area contributed by atoms with Crippen LogP contribution in [0.15, 0.2) is 200 Å². The Bertz CT molecular complexity index is 3790. The second-order valence-electron chi connectivity index (χ2n) is 16.5. The third kappa shape index (κ3) is 4.13. The monoisotopic (exact) mass is 775 g/mol. The fraction of sp³-hybridized carbons (Fsp3) is 0.0172. The van der Waals surface area contributed by atoms with Crippen molar-refractivity contribution in [2.24, 2.45) is 0 Å². The Labute approximate surface area is 350 Å². The van der Waals surface area contributed by atoms with Gasteiger partial charge in [0.2, 0.25) is 0 Å². The van der Waals surface area contributed by atoms with Gasteiger partial charge in [-0.3, -0.25) is 4.98 Å². The largest absolute Gasteiger partial charge is 0.256 e. The van der Waals surface area contributed by atoms with Gasteiger partial charge in [-0.05, 0) is 142 Å². The lowest BCUT2D eigenvalue weighted by Gasteiger charge is -2.31. The van der Waals surface area contributed by atoms with E-state index in [0.717, 1.165) is 5.52 Å². The van der Waals surface area contributed by atoms with Crippen LogP contribution in [0.5, 0.6) is 0 Å². The van der Waals surface area contributed by atoms with Crippen molar-refractivity contribution in [3.05, 3.63) is 223 Å². The van der Waals surface area contributed by atoms with Crippen molar-refractivity contribution < 1.29 is 0 Å². The molecule has 0 radical (unpaired) electrons. The van der Waals surface area contributed by atoms with Crippen LogP contribution in [-0.4, -0.2) is 4.98 Å². The van der Waals surface area contributed by atoms with Crippen LogP contribution in [0.3, 0.4) is 0 Å². The Morgan fingerprint density at radius 2 is 0.917 bits per heavy atom. The predicted octanol–water partition coefficient (Wildman–Crippen LogP) is 15.7. The van der Waals surface area contributed by atoms with Crippen LogP contribution < -0.4 is 0 Å². The molecule has 14 rings (SSSR count). The van der Waals surface area contributed by atoms with Gasteiger partial charge < -0.3 is 0 Å². The maximum absolute atomic E-state index is 4.77. The van der Waals surface area contributed by atoms with E-state index < -0.39 is 5.41 Å². The summed E-state index contributed by atoms with van der Waals surface area (Å²) in [4.78, 5) is 4.77. The van der Waals surface area contributed by atoms with E-state index in [1.807, 2.05) is 17.5 Å². The van der Waals surface area contributed by atoms with E-state index in [2.05, 4.69) is 194 Å². The number of hydrogen-bond acceptors (Lipinski definition) is 2. The summed E-state index contributed by atoms with van der Waals surface area (Å²) in [7, 11) is 0. The Kier molecular flexibility index (Phi) is 6.43. The Morgan fingerprint density at radius 1 is 0.350 bits per heavy atom. The first-order chi connectivity index (χ1) is 29.8. The first-order valence-electron chi connectivity index (χ1n) is 20.8. The number of benzene rings is 10. The molecule has 0 fully saturated rings. The van der Waals surface area contributed by atoms with E-state index in [1.165, 1.54) is 125 Å². The molecule has 0 saturated carbocycles. The van der Waals surface area contributed by atoms with Crippen molar-refractivity contribution in [3.8, 4) is 44.5 Å². The molecule has 0 aliphatic heterocycles. The van der Waals surface area contributed by atoms with Crippen LogP contribution in [0.25, 0.3) is 108 Å². The topological polar surface area (TPSA) is 12.9 Å². The van der Waals surface area contributed by atoms with Gasteiger partial charge >= 0.3 is 0 Å².